The van der Waals surface area contributed by atoms with Gasteiger partial charge in [-0.15, -0.1) is 0 Å². The predicted molar refractivity (Wildman–Crippen MR) is 454 cm³/mol. The molecule has 5 atom stereocenters. The maximum absolute atomic E-state index is 13.2. The molecule has 0 aromatic heterocycles. The van der Waals surface area contributed by atoms with Gasteiger partial charge in [-0.2, -0.15) is 0 Å². The van der Waals surface area contributed by atoms with E-state index in [1.54, 1.807) is 0 Å². The zero-order valence-electron chi connectivity index (χ0n) is 68.9. The fraction of sp³-hybridized carbons (Fsp3) is 0.670. The summed E-state index contributed by atoms with van der Waals surface area (Å²) >= 11 is 0. The Labute approximate surface area is 668 Å². The molecule has 0 amide bonds. The van der Waals surface area contributed by atoms with Gasteiger partial charge in [-0.25, -0.2) is 9.13 Å². The zero-order chi connectivity index (χ0) is 80.3. The standard InChI is InChI=1S/C91H152O17P2/c1-5-9-13-17-21-25-29-33-37-40-42-45-49-52-56-60-64-68-72-76-89(94)102-82-87(108-91(96)78-74-70-66-62-58-54-50-46-43-41-38-34-30-26-22-18-14-10-6-2)84-106-110(99,100)104-80-85(92)79-103-109(97,98)105-83-86(107-90(95)77-73-69-65-61-57-53-47-36-32-28-24-20-16-12-8-4)81-101-88(93)75-71-67-63-59-55-51-48-44-39-35-31-27-23-19-15-11-7-3/h9-11,13-15,21-28,33-39,42-43,45-47,85-87,92H,5-8,12,16-20,29-32,40-41,44,48-84H2,1-4H3,(H,97,98)(H,99,100)/b13-9-,14-10-,15-11-,25-21-,26-22-,27-23-,28-24-,37-33-,38-34-,39-35-,45-42-,46-43-,47-36-. The molecule has 0 aromatic carbocycles. The Morgan fingerprint density at radius 2 is 0.473 bits per heavy atom. The number of phosphoric acid groups is 2. The van der Waals surface area contributed by atoms with E-state index in [0.717, 1.165) is 238 Å². The Morgan fingerprint density at radius 1 is 0.264 bits per heavy atom. The number of ether oxygens (including phenoxy) is 4. The van der Waals surface area contributed by atoms with E-state index in [4.69, 9.17) is 37.0 Å². The maximum atomic E-state index is 13.2. The lowest BCUT2D eigenvalue weighted by atomic mass is 10.1. The van der Waals surface area contributed by atoms with Gasteiger partial charge in [0.2, 0.25) is 0 Å². The minimum atomic E-state index is -5.00. The van der Waals surface area contributed by atoms with Crippen molar-refractivity contribution in [2.45, 2.75) is 354 Å². The van der Waals surface area contributed by atoms with Gasteiger partial charge in [-0.3, -0.25) is 37.3 Å². The van der Waals surface area contributed by atoms with Crippen molar-refractivity contribution < 1.29 is 80.2 Å². The van der Waals surface area contributed by atoms with E-state index in [1.807, 2.05) is 0 Å². The summed E-state index contributed by atoms with van der Waals surface area (Å²) in [5.74, 6) is -2.23. The van der Waals surface area contributed by atoms with Crippen molar-refractivity contribution in [3.05, 3.63) is 158 Å². The first-order valence-corrected chi connectivity index (χ1v) is 45.7. The Morgan fingerprint density at radius 3 is 0.727 bits per heavy atom. The average molecular weight is 1580 g/mol. The first-order valence-electron chi connectivity index (χ1n) is 42.7. The summed E-state index contributed by atoms with van der Waals surface area (Å²) in [6.45, 7) is 4.48. The van der Waals surface area contributed by atoms with E-state index in [9.17, 15) is 43.2 Å². The van der Waals surface area contributed by atoms with Gasteiger partial charge in [-0.05, 0) is 167 Å². The van der Waals surface area contributed by atoms with Crippen LogP contribution in [0.1, 0.15) is 336 Å². The summed E-state index contributed by atoms with van der Waals surface area (Å²) < 4.78 is 68.8. The van der Waals surface area contributed by atoms with Gasteiger partial charge < -0.3 is 33.8 Å². The minimum Gasteiger partial charge on any atom is -0.462 e. The molecule has 0 spiro atoms. The zero-order valence-corrected chi connectivity index (χ0v) is 70.7. The van der Waals surface area contributed by atoms with Crippen molar-refractivity contribution >= 4 is 39.5 Å². The van der Waals surface area contributed by atoms with Gasteiger partial charge >= 0.3 is 39.5 Å². The smallest absolute Gasteiger partial charge is 0.462 e. The third-order valence-corrected chi connectivity index (χ3v) is 19.4. The number of rotatable bonds is 79. The second-order valence-corrected chi connectivity index (χ2v) is 30.9. The molecule has 19 heteroatoms. The van der Waals surface area contributed by atoms with Crippen LogP contribution in [0.4, 0.5) is 0 Å². The molecule has 0 bridgehead atoms. The average Bonchev–Trinajstić information content (AvgIpc) is 0.900. The lowest BCUT2D eigenvalue weighted by molar-refractivity contribution is -0.161. The summed E-state index contributed by atoms with van der Waals surface area (Å²) in [7, 11) is -9.99. The Bertz CT molecular complexity index is 2700. The molecule has 5 unspecified atom stereocenters. The number of aliphatic hydroxyl groups is 1. The van der Waals surface area contributed by atoms with E-state index < -0.39 is 97.5 Å². The third kappa shape index (κ3) is 80.7. The molecule has 0 fully saturated rings. The summed E-state index contributed by atoms with van der Waals surface area (Å²) in [5.41, 5.74) is 0. The summed E-state index contributed by atoms with van der Waals surface area (Å²) in [6, 6.07) is 0. The highest BCUT2D eigenvalue weighted by Gasteiger charge is 2.30. The molecule has 628 valence electrons. The van der Waals surface area contributed by atoms with Crippen LogP contribution in [0, 0.1) is 0 Å². The first-order chi connectivity index (χ1) is 53.7. The number of phosphoric ester groups is 2. The molecule has 0 heterocycles. The van der Waals surface area contributed by atoms with Crippen LogP contribution in [0.2, 0.25) is 0 Å². The van der Waals surface area contributed by atoms with Crippen LogP contribution in [0.25, 0.3) is 0 Å². The van der Waals surface area contributed by atoms with E-state index in [-0.39, 0.29) is 25.7 Å². The number of aliphatic hydroxyl groups excluding tert-OH is 1. The molecular weight excluding hydrogens is 1430 g/mol. The largest absolute Gasteiger partial charge is 0.472 e. The van der Waals surface area contributed by atoms with Gasteiger partial charge in [0.25, 0.3) is 0 Å². The van der Waals surface area contributed by atoms with Gasteiger partial charge in [0, 0.05) is 25.7 Å². The van der Waals surface area contributed by atoms with E-state index in [2.05, 4.69) is 186 Å². The van der Waals surface area contributed by atoms with Crippen LogP contribution in [0.3, 0.4) is 0 Å². The highest BCUT2D eigenvalue weighted by atomic mass is 31.2. The monoisotopic (exact) mass is 1580 g/mol. The SMILES string of the molecule is CC/C=C\C/C=C\C/C=C\C/C=C\CCCCCCCCC(=O)OCC(COP(=O)(O)OCC(O)COP(=O)(O)OCC(COC(=O)CCCCCCCCC/C=C\C/C=C\C/C=C\CC)OC(=O)CCCCCCC/C=C\C/C=C\CCCCC)OC(=O)CCCCCCCC/C=C\C/C=C\C/C=C\C/C=C\CC. The van der Waals surface area contributed by atoms with Crippen LogP contribution >= 0.6 is 15.6 Å². The fourth-order valence-electron chi connectivity index (χ4n) is 11.1. The van der Waals surface area contributed by atoms with Gasteiger partial charge in [0.1, 0.15) is 19.3 Å². The van der Waals surface area contributed by atoms with E-state index >= 15 is 0 Å². The highest BCUT2D eigenvalue weighted by Crippen LogP contribution is 2.45. The van der Waals surface area contributed by atoms with Crippen molar-refractivity contribution in [2.75, 3.05) is 39.6 Å². The number of hydrogen-bond acceptors (Lipinski definition) is 15. The number of unbranched alkanes of at least 4 members (excludes halogenated alkanes) is 27. The quantitative estimate of drug-likeness (QED) is 0.0169. The van der Waals surface area contributed by atoms with Gasteiger partial charge in [-0.1, -0.05) is 301 Å². The second-order valence-electron chi connectivity index (χ2n) is 28.0. The number of allylic oxidation sites excluding steroid dienone is 26. The van der Waals surface area contributed by atoms with E-state index in [1.165, 1.54) is 19.3 Å². The molecule has 0 saturated heterocycles. The topological polar surface area (TPSA) is 237 Å². The molecule has 17 nitrogen and oxygen atoms in total. The molecule has 0 aliphatic heterocycles. The van der Waals surface area contributed by atoms with Crippen molar-refractivity contribution in [1.82, 2.24) is 0 Å². The first kappa shape index (κ1) is 105. The summed E-state index contributed by atoms with van der Waals surface area (Å²) in [4.78, 5) is 73.3. The number of carbonyl (C=O) groups is 4. The van der Waals surface area contributed by atoms with Crippen molar-refractivity contribution in [3.63, 3.8) is 0 Å². The Balaban J connectivity index is 5.43. The van der Waals surface area contributed by atoms with Gasteiger partial charge in [0.15, 0.2) is 12.2 Å². The van der Waals surface area contributed by atoms with Crippen LogP contribution < -0.4 is 0 Å². The minimum absolute atomic E-state index is 0.0702. The lowest BCUT2D eigenvalue weighted by Crippen LogP contribution is -2.30. The lowest BCUT2D eigenvalue weighted by Gasteiger charge is -2.21. The molecule has 0 rings (SSSR count). The molecule has 3 N–H and O–H groups in total. The van der Waals surface area contributed by atoms with Crippen LogP contribution in [-0.2, 0) is 65.4 Å². The molecule has 0 radical (unpaired) electrons. The molecule has 0 aromatic rings. The fourth-order valence-corrected chi connectivity index (χ4v) is 12.7. The van der Waals surface area contributed by atoms with E-state index in [0.29, 0.717) is 25.7 Å². The normalized spacial score (nSPS) is 14.6. The van der Waals surface area contributed by atoms with Crippen LogP contribution in [-0.4, -0.2) is 96.7 Å². The molecular formula is C91H152O17P2. The highest BCUT2D eigenvalue weighted by molar-refractivity contribution is 7.47. The number of esters is 4. The summed E-state index contributed by atoms with van der Waals surface area (Å²) in [6.07, 6.45) is 96.2. The number of hydrogen-bond donors (Lipinski definition) is 3. The van der Waals surface area contributed by atoms with Crippen LogP contribution in [0.5, 0.6) is 0 Å². The number of carbonyl (C=O) groups excluding carboxylic acids is 4. The maximum Gasteiger partial charge on any atom is 0.472 e. The van der Waals surface area contributed by atoms with Crippen molar-refractivity contribution in [2.24, 2.45) is 0 Å². The molecule has 0 saturated carbocycles. The van der Waals surface area contributed by atoms with Crippen molar-refractivity contribution in [3.8, 4) is 0 Å². The van der Waals surface area contributed by atoms with Crippen LogP contribution in [0.15, 0.2) is 158 Å². The van der Waals surface area contributed by atoms with Gasteiger partial charge in [0.05, 0.1) is 26.4 Å². The predicted octanol–water partition coefficient (Wildman–Crippen LogP) is 25.6. The van der Waals surface area contributed by atoms with Crippen molar-refractivity contribution in [1.29, 1.82) is 0 Å². The second kappa shape index (κ2) is 81.7. The Hall–Kier alpha value is -5.32. The molecule has 0 aliphatic carbocycles. The molecule has 110 heavy (non-hydrogen) atoms. The summed E-state index contributed by atoms with van der Waals surface area (Å²) in [5, 5.41) is 10.7. The molecule has 0 aliphatic rings. The Kier molecular flexibility index (Phi) is 77.7. The third-order valence-electron chi connectivity index (χ3n) is 17.5.